The van der Waals surface area contributed by atoms with Gasteiger partial charge in [0.05, 0.1) is 12.8 Å². The first kappa shape index (κ1) is 18.6. The van der Waals surface area contributed by atoms with Crippen LogP contribution in [-0.2, 0) is 16.1 Å². The third kappa shape index (κ3) is 4.85. The van der Waals surface area contributed by atoms with Gasteiger partial charge in [0.25, 0.3) is 5.91 Å². The molecule has 0 atom stereocenters. The number of furan rings is 1. The number of nitrogens with zero attached hydrogens (tertiary/aromatic N) is 2. The Morgan fingerprint density at radius 1 is 1.48 bits per heavy atom. The minimum atomic E-state index is -0.366. The maximum Gasteiger partial charge on any atom is 0.261 e. The molecule has 0 aliphatic heterocycles. The molecule has 0 unspecified atom stereocenters. The van der Waals surface area contributed by atoms with E-state index < -0.39 is 0 Å². The number of amides is 1. The molecule has 2 rings (SSSR count). The molecule has 0 spiro atoms. The number of hydrogen-bond acceptors (Lipinski definition) is 4. The zero-order valence-corrected chi connectivity index (χ0v) is 14.8. The number of aryl methyl sites for hydroxylation is 1. The summed E-state index contributed by atoms with van der Waals surface area (Å²) in [4.78, 5) is 12.1. The predicted octanol–water partition coefficient (Wildman–Crippen LogP) is 2.81. The first-order chi connectivity index (χ1) is 12.1. The van der Waals surface area contributed by atoms with Crippen molar-refractivity contribution >= 4 is 12.0 Å². The van der Waals surface area contributed by atoms with Crippen LogP contribution in [0, 0.1) is 25.2 Å². The molecule has 2 aromatic heterocycles. The van der Waals surface area contributed by atoms with E-state index in [9.17, 15) is 10.1 Å². The van der Waals surface area contributed by atoms with Crippen molar-refractivity contribution in [2.75, 3.05) is 20.3 Å². The highest BCUT2D eigenvalue weighted by Crippen LogP contribution is 2.20. The summed E-state index contributed by atoms with van der Waals surface area (Å²) in [6, 6.07) is 7.72. The molecule has 2 aromatic rings. The molecule has 0 bridgehead atoms. The van der Waals surface area contributed by atoms with Gasteiger partial charge in [-0.3, -0.25) is 4.79 Å². The number of carbonyl (C=O) groups is 1. The van der Waals surface area contributed by atoms with E-state index in [4.69, 9.17) is 9.15 Å². The number of nitrogens with one attached hydrogen (secondary N) is 1. The van der Waals surface area contributed by atoms with E-state index >= 15 is 0 Å². The largest absolute Gasteiger partial charge is 0.467 e. The van der Waals surface area contributed by atoms with Gasteiger partial charge in [0.2, 0.25) is 0 Å². The van der Waals surface area contributed by atoms with Crippen LogP contribution >= 0.6 is 0 Å². The monoisotopic (exact) mass is 341 g/mol. The Bertz CT molecular complexity index is 780. The molecular weight excluding hydrogens is 318 g/mol. The second-order valence-corrected chi connectivity index (χ2v) is 5.76. The number of aromatic nitrogens is 1. The van der Waals surface area contributed by atoms with E-state index in [1.165, 1.54) is 0 Å². The Kier molecular flexibility index (Phi) is 6.61. The highest BCUT2D eigenvalue weighted by molar-refractivity contribution is 6.01. The summed E-state index contributed by atoms with van der Waals surface area (Å²) in [7, 11) is 1.61. The summed E-state index contributed by atoms with van der Waals surface area (Å²) < 4.78 is 12.4. The third-order valence-electron chi connectivity index (χ3n) is 3.98. The Morgan fingerprint density at radius 3 is 2.92 bits per heavy atom. The molecule has 25 heavy (non-hydrogen) atoms. The highest BCUT2D eigenvalue weighted by Gasteiger charge is 2.13. The molecule has 0 aliphatic rings. The van der Waals surface area contributed by atoms with Crippen molar-refractivity contribution in [3.8, 4) is 6.07 Å². The van der Waals surface area contributed by atoms with Crippen LogP contribution in [0.15, 0.2) is 34.5 Å². The molecule has 0 radical (unpaired) electrons. The average molecular weight is 341 g/mol. The lowest BCUT2D eigenvalue weighted by Crippen LogP contribution is -2.26. The standard InChI is InChI=1S/C19H23N3O3/c1-14-10-16(15(2)22(14)13-18-6-4-9-25-18)11-17(12-20)19(23)21-7-5-8-24-3/h4,6,9-11H,5,7-8,13H2,1-3H3,(H,21,23)/b17-11+. The lowest BCUT2D eigenvalue weighted by Gasteiger charge is -2.07. The lowest BCUT2D eigenvalue weighted by atomic mass is 10.1. The summed E-state index contributed by atoms with van der Waals surface area (Å²) in [5.41, 5.74) is 2.97. The van der Waals surface area contributed by atoms with Crippen molar-refractivity contribution in [2.24, 2.45) is 0 Å². The van der Waals surface area contributed by atoms with Crippen LogP contribution < -0.4 is 5.32 Å². The molecule has 0 fully saturated rings. The number of methoxy groups -OCH3 is 1. The van der Waals surface area contributed by atoms with Crippen LogP contribution in [-0.4, -0.2) is 30.7 Å². The second-order valence-electron chi connectivity index (χ2n) is 5.76. The fourth-order valence-corrected chi connectivity index (χ4v) is 2.59. The van der Waals surface area contributed by atoms with Crippen molar-refractivity contribution < 1.29 is 13.9 Å². The van der Waals surface area contributed by atoms with Gasteiger partial charge in [0.15, 0.2) is 0 Å². The fraction of sp³-hybridized carbons (Fsp3) is 0.368. The van der Waals surface area contributed by atoms with Crippen molar-refractivity contribution in [3.63, 3.8) is 0 Å². The van der Waals surface area contributed by atoms with Gasteiger partial charge in [-0.1, -0.05) is 0 Å². The molecule has 0 aromatic carbocycles. The fourth-order valence-electron chi connectivity index (χ4n) is 2.59. The minimum Gasteiger partial charge on any atom is -0.467 e. The number of carbonyl (C=O) groups excluding carboxylic acids is 1. The third-order valence-corrected chi connectivity index (χ3v) is 3.98. The van der Waals surface area contributed by atoms with Crippen LogP contribution in [0.4, 0.5) is 0 Å². The van der Waals surface area contributed by atoms with Crippen molar-refractivity contribution in [1.29, 1.82) is 5.26 Å². The normalized spacial score (nSPS) is 11.4. The first-order valence-electron chi connectivity index (χ1n) is 8.15. The van der Waals surface area contributed by atoms with Gasteiger partial charge < -0.3 is 19.0 Å². The van der Waals surface area contributed by atoms with Crippen LogP contribution in [0.5, 0.6) is 0 Å². The summed E-state index contributed by atoms with van der Waals surface area (Å²) in [6.45, 7) is 5.62. The van der Waals surface area contributed by atoms with Gasteiger partial charge >= 0.3 is 0 Å². The molecule has 0 aliphatic carbocycles. The maximum atomic E-state index is 12.1. The zero-order valence-electron chi connectivity index (χ0n) is 14.8. The Labute approximate surface area is 147 Å². The number of hydrogen-bond donors (Lipinski definition) is 1. The van der Waals surface area contributed by atoms with E-state index in [1.54, 1.807) is 19.4 Å². The smallest absolute Gasteiger partial charge is 0.261 e. The number of nitriles is 1. The summed E-state index contributed by atoms with van der Waals surface area (Å²) in [5, 5.41) is 12.0. The van der Waals surface area contributed by atoms with Gasteiger partial charge in [-0.05, 0) is 50.1 Å². The molecule has 0 saturated heterocycles. The van der Waals surface area contributed by atoms with Gasteiger partial charge in [-0.25, -0.2) is 0 Å². The molecule has 2 heterocycles. The zero-order chi connectivity index (χ0) is 18.2. The van der Waals surface area contributed by atoms with E-state index in [-0.39, 0.29) is 11.5 Å². The van der Waals surface area contributed by atoms with E-state index in [2.05, 4.69) is 9.88 Å². The van der Waals surface area contributed by atoms with E-state index in [1.807, 2.05) is 38.1 Å². The molecule has 6 nitrogen and oxygen atoms in total. The number of rotatable bonds is 8. The lowest BCUT2D eigenvalue weighted by molar-refractivity contribution is -0.117. The summed E-state index contributed by atoms with van der Waals surface area (Å²) >= 11 is 0. The summed E-state index contributed by atoms with van der Waals surface area (Å²) in [6.07, 6.45) is 3.98. The molecule has 6 heteroatoms. The molecule has 1 amide bonds. The van der Waals surface area contributed by atoms with Crippen molar-refractivity contribution in [1.82, 2.24) is 9.88 Å². The van der Waals surface area contributed by atoms with Crippen LogP contribution in [0.2, 0.25) is 0 Å². The van der Waals surface area contributed by atoms with Gasteiger partial charge in [-0.2, -0.15) is 5.26 Å². The average Bonchev–Trinajstić information content (AvgIpc) is 3.20. The number of ether oxygens (including phenoxy) is 1. The topological polar surface area (TPSA) is 80.2 Å². The van der Waals surface area contributed by atoms with Crippen LogP contribution in [0.1, 0.15) is 29.1 Å². The van der Waals surface area contributed by atoms with Gasteiger partial charge in [-0.15, -0.1) is 0 Å². The van der Waals surface area contributed by atoms with E-state index in [0.29, 0.717) is 26.1 Å². The maximum absolute atomic E-state index is 12.1. The molecule has 1 N–H and O–H groups in total. The SMILES string of the molecule is COCCCNC(=O)/C(C#N)=C/c1cc(C)n(Cc2ccco2)c1C. The Hall–Kier alpha value is -2.78. The first-order valence-corrected chi connectivity index (χ1v) is 8.15. The molecule has 132 valence electrons. The van der Waals surface area contributed by atoms with Crippen LogP contribution in [0.3, 0.4) is 0 Å². The molecule has 0 saturated carbocycles. The van der Waals surface area contributed by atoms with E-state index in [0.717, 1.165) is 22.7 Å². The van der Waals surface area contributed by atoms with Gasteiger partial charge in [0, 0.05) is 31.6 Å². The van der Waals surface area contributed by atoms with Crippen LogP contribution in [0.25, 0.3) is 6.08 Å². The second kappa shape index (κ2) is 8.90. The predicted molar refractivity (Wildman–Crippen MR) is 94.8 cm³/mol. The summed E-state index contributed by atoms with van der Waals surface area (Å²) in [5.74, 6) is 0.489. The quantitative estimate of drug-likeness (QED) is 0.455. The van der Waals surface area contributed by atoms with Crippen molar-refractivity contribution in [2.45, 2.75) is 26.8 Å². The van der Waals surface area contributed by atoms with Crippen molar-refractivity contribution in [3.05, 3.63) is 52.7 Å². The van der Waals surface area contributed by atoms with Gasteiger partial charge in [0.1, 0.15) is 17.4 Å². The Morgan fingerprint density at radius 2 is 2.28 bits per heavy atom. The molecular formula is C19H23N3O3. The Balaban J connectivity index is 2.15. The highest BCUT2D eigenvalue weighted by atomic mass is 16.5. The minimum absolute atomic E-state index is 0.0932.